The maximum absolute atomic E-state index is 13.4. The van der Waals surface area contributed by atoms with E-state index in [1.165, 1.54) is 11.1 Å². The number of rotatable bonds is 2. The molecule has 5 heteroatoms. The maximum atomic E-state index is 13.4. The second-order valence-corrected chi connectivity index (χ2v) is 8.29. The van der Waals surface area contributed by atoms with E-state index < -0.39 is 0 Å². The van der Waals surface area contributed by atoms with E-state index in [1.807, 2.05) is 30.3 Å². The fourth-order valence-electron chi connectivity index (χ4n) is 5.63. The fourth-order valence-corrected chi connectivity index (χ4v) is 5.63. The molecule has 0 saturated carbocycles. The quantitative estimate of drug-likeness (QED) is 0.711. The van der Waals surface area contributed by atoms with E-state index in [1.54, 1.807) is 12.4 Å². The lowest BCUT2D eigenvalue weighted by Crippen LogP contribution is -2.60. The highest BCUT2D eigenvalue weighted by molar-refractivity contribution is 5.97. The highest BCUT2D eigenvalue weighted by Gasteiger charge is 2.51. The topological polar surface area (TPSA) is 69.2 Å². The number of phenols is 1. The highest BCUT2D eigenvalue weighted by atomic mass is 16.3. The van der Waals surface area contributed by atoms with E-state index in [0.29, 0.717) is 17.2 Å². The molecule has 5 rings (SSSR count). The number of nitrogens with zero attached hydrogens (tertiary/aromatic N) is 2. The first-order chi connectivity index (χ1) is 13.5. The lowest BCUT2D eigenvalue weighted by Gasteiger charge is -2.55. The van der Waals surface area contributed by atoms with Gasteiger partial charge < -0.3 is 15.0 Å². The molecule has 1 aliphatic heterocycles. The molecule has 2 heterocycles. The van der Waals surface area contributed by atoms with Crippen LogP contribution >= 0.6 is 0 Å². The van der Waals surface area contributed by atoms with Gasteiger partial charge in [-0.15, -0.1) is 0 Å². The Morgan fingerprint density at radius 3 is 3.00 bits per heavy atom. The predicted molar refractivity (Wildman–Crippen MR) is 108 cm³/mol. The lowest BCUT2D eigenvalue weighted by molar-refractivity contribution is 0.0186. The summed E-state index contributed by atoms with van der Waals surface area (Å²) in [7, 11) is 0. The van der Waals surface area contributed by atoms with Gasteiger partial charge in [-0.3, -0.25) is 4.79 Å². The molecule has 0 unspecified atom stereocenters. The second-order valence-electron chi connectivity index (χ2n) is 8.29. The normalized spacial score (nSPS) is 26.3. The number of phenolic OH excluding ortho intramolecular Hbond substituents is 1. The van der Waals surface area contributed by atoms with Crippen LogP contribution in [0.15, 0.2) is 42.7 Å². The van der Waals surface area contributed by atoms with Gasteiger partial charge in [0.1, 0.15) is 5.75 Å². The van der Waals surface area contributed by atoms with E-state index in [-0.39, 0.29) is 17.4 Å². The zero-order valence-electron chi connectivity index (χ0n) is 16.3. The number of hydrogen-bond acceptors (Lipinski definition) is 3. The summed E-state index contributed by atoms with van der Waals surface area (Å²) in [5, 5.41) is 10.1. The SMILES string of the molecule is CC[C@]12CCN(C(=O)c3ccc4nc[nH]c4c3)[C@H](Cc3ccc(O)cc31)[C@@H]2C. The average molecular weight is 375 g/mol. The zero-order valence-corrected chi connectivity index (χ0v) is 16.3. The number of H-pyrrole nitrogens is 1. The minimum Gasteiger partial charge on any atom is -0.508 e. The molecule has 28 heavy (non-hydrogen) atoms. The molecule has 1 saturated heterocycles. The minimum atomic E-state index is 0.0289. The Morgan fingerprint density at radius 1 is 1.32 bits per heavy atom. The number of hydrogen-bond donors (Lipinski definition) is 2. The first-order valence-corrected chi connectivity index (χ1v) is 10.1. The second kappa shape index (κ2) is 6.09. The van der Waals surface area contributed by atoms with E-state index in [9.17, 15) is 9.90 Å². The van der Waals surface area contributed by atoms with Gasteiger partial charge in [-0.25, -0.2) is 4.98 Å². The van der Waals surface area contributed by atoms with Crippen LogP contribution in [0.5, 0.6) is 5.75 Å². The number of fused-ring (bicyclic) bond motifs is 5. The maximum Gasteiger partial charge on any atom is 0.254 e. The van der Waals surface area contributed by atoms with Crippen LogP contribution in [0.4, 0.5) is 0 Å². The molecule has 1 amide bonds. The van der Waals surface area contributed by atoms with Crippen LogP contribution in [0, 0.1) is 5.92 Å². The monoisotopic (exact) mass is 375 g/mol. The van der Waals surface area contributed by atoms with Crippen LogP contribution in [0.1, 0.15) is 48.2 Å². The molecule has 0 radical (unpaired) electrons. The van der Waals surface area contributed by atoms with E-state index in [0.717, 1.165) is 36.8 Å². The Kier molecular flexibility index (Phi) is 3.76. The number of aromatic hydroxyl groups is 1. The summed E-state index contributed by atoms with van der Waals surface area (Å²) < 4.78 is 0. The standard InChI is InChI=1S/C23H25N3O2/c1-3-23-8-9-26(22(28)16-5-7-19-20(10-16)25-13-24-19)21(14(23)2)11-15-4-6-17(27)12-18(15)23/h4-7,10,12-14,21,27H,3,8-9,11H2,1-2H3,(H,24,25)/t14-,21+,23+/m0/s1. The van der Waals surface area contributed by atoms with Crippen LogP contribution in [-0.4, -0.2) is 38.5 Å². The summed E-state index contributed by atoms with van der Waals surface area (Å²) in [4.78, 5) is 22.8. The van der Waals surface area contributed by atoms with Crippen molar-refractivity contribution in [1.82, 2.24) is 14.9 Å². The van der Waals surface area contributed by atoms with E-state index >= 15 is 0 Å². The summed E-state index contributed by atoms with van der Waals surface area (Å²) in [6.45, 7) is 5.26. The number of benzene rings is 2. The summed E-state index contributed by atoms with van der Waals surface area (Å²) in [6.07, 6.45) is 4.44. The summed E-state index contributed by atoms with van der Waals surface area (Å²) in [5.41, 5.74) is 5.06. The Labute approximate surface area is 164 Å². The molecule has 3 atom stereocenters. The summed E-state index contributed by atoms with van der Waals surface area (Å²) >= 11 is 0. The first kappa shape index (κ1) is 17.3. The van der Waals surface area contributed by atoms with Crippen LogP contribution in [0.2, 0.25) is 0 Å². The smallest absolute Gasteiger partial charge is 0.254 e. The molecule has 2 aliphatic rings. The van der Waals surface area contributed by atoms with Crippen LogP contribution in [-0.2, 0) is 11.8 Å². The van der Waals surface area contributed by atoms with Gasteiger partial charge in [-0.05, 0) is 66.6 Å². The Bertz CT molecular complexity index is 1070. The van der Waals surface area contributed by atoms with Gasteiger partial charge in [0.2, 0.25) is 0 Å². The molecular formula is C23H25N3O2. The number of nitrogens with one attached hydrogen (secondary N) is 1. The molecular weight excluding hydrogens is 350 g/mol. The van der Waals surface area contributed by atoms with Crippen molar-refractivity contribution >= 4 is 16.9 Å². The van der Waals surface area contributed by atoms with Crippen molar-refractivity contribution in [2.24, 2.45) is 5.92 Å². The molecule has 1 fully saturated rings. The van der Waals surface area contributed by atoms with E-state index in [2.05, 4.69) is 28.7 Å². The Balaban J connectivity index is 1.54. The van der Waals surface area contributed by atoms with Crippen molar-refractivity contribution in [3.8, 4) is 5.75 Å². The van der Waals surface area contributed by atoms with Gasteiger partial charge in [-0.2, -0.15) is 0 Å². The average Bonchev–Trinajstić information content (AvgIpc) is 3.17. The Hall–Kier alpha value is -2.82. The van der Waals surface area contributed by atoms with Crippen LogP contribution < -0.4 is 0 Å². The molecule has 2 N–H and O–H groups in total. The largest absolute Gasteiger partial charge is 0.508 e. The number of piperidine rings is 1. The molecule has 3 aromatic rings. The molecule has 5 nitrogen and oxygen atoms in total. The number of imidazole rings is 1. The summed E-state index contributed by atoms with van der Waals surface area (Å²) in [6, 6.07) is 11.6. The van der Waals surface area contributed by atoms with E-state index in [4.69, 9.17) is 0 Å². The zero-order chi connectivity index (χ0) is 19.5. The van der Waals surface area contributed by atoms with Gasteiger partial charge in [0.15, 0.2) is 0 Å². The van der Waals surface area contributed by atoms with Gasteiger partial charge in [0, 0.05) is 23.6 Å². The van der Waals surface area contributed by atoms with Crippen molar-refractivity contribution < 1.29 is 9.90 Å². The third kappa shape index (κ3) is 2.32. The number of carbonyl (C=O) groups is 1. The van der Waals surface area contributed by atoms with Crippen molar-refractivity contribution in [3.05, 3.63) is 59.4 Å². The third-order valence-electron chi connectivity index (χ3n) is 7.27. The number of likely N-dealkylation sites (tertiary alicyclic amines) is 1. The van der Waals surface area contributed by atoms with Gasteiger partial charge in [0.05, 0.1) is 17.4 Å². The summed E-state index contributed by atoms with van der Waals surface area (Å²) in [5.74, 6) is 0.782. The molecule has 1 aromatic heterocycles. The minimum absolute atomic E-state index is 0.0289. The van der Waals surface area contributed by atoms with Crippen LogP contribution in [0.3, 0.4) is 0 Å². The Morgan fingerprint density at radius 2 is 2.18 bits per heavy atom. The van der Waals surface area contributed by atoms with Crippen molar-refractivity contribution in [2.45, 2.75) is 44.6 Å². The predicted octanol–water partition coefficient (Wildman–Crippen LogP) is 4.02. The van der Waals surface area contributed by atoms with Crippen LogP contribution in [0.25, 0.3) is 11.0 Å². The van der Waals surface area contributed by atoms with Gasteiger partial charge in [0.25, 0.3) is 5.91 Å². The highest BCUT2D eigenvalue weighted by Crippen LogP contribution is 2.51. The van der Waals surface area contributed by atoms with Gasteiger partial charge in [-0.1, -0.05) is 19.9 Å². The number of aromatic nitrogens is 2. The molecule has 2 aromatic carbocycles. The molecule has 0 spiro atoms. The van der Waals surface area contributed by atoms with Crippen molar-refractivity contribution in [2.75, 3.05) is 6.54 Å². The number of aromatic amines is 1. The lowest BCUT2D eigenvalue weighted by atomic mass is 9.56. The molecule has 144 valence electrons. The van der Waals surface area contributed by atoms with Gasteiger partial charge >= 0.3 is 0 Å². The van der Waals surface area contributed by atoms with Crippen molar-refractivity contribution in [1.29, 1.82) is 0 Å². The first-order valence-electron chi connectivity index (χ1n) is 10.1. The number of carbonyl (C=O) groups excluding carboxylic acids is 1. The molecule has 2 bridgehead atoms. The molecule has 1 aliphatic carbocycles. The van der Waals surface area contributed by atoms with Crippen molar-refractivity contribution in [3.63, 3.8) is 0 Å². The fraction of sp³-hybridized carbons (Fsp3) is 0.391. The third-order valence-corrected chi connectivity index (χ3v) is 7.27. The number of amides is 1.